The van der Waals surface area contributed by atoms with Crippen molar-refractivity contribution in [1.82, 2.24) is 4.90 Å². The molecule has 1 heterocycles. The summed E-state index contributed by atoms with van der Waals surface area (Å²) in [5, 5.41) is 0. The van der Waals surface area contributed by atoms with Gasteiger partial charge >= 0.3 is 6.09 Å². The van der Waals surface area contributed by atoms with Gasteiger partial charge in [0, 0.05) is 19.1 Å². The number of carbonyl (C=O) groups excluding carboxylic acids is 1. The molecule has 116 valence electrons. The first-order valence-electron chi connectivity index (χ1n) is 8.10. The Balaban J connectivity index is 1.83. The first-order chi connectivity index (χ1) is 9.37. The van der Waals surface area contributed by atoms with E-state index in [2.05, 4.69) is 0 Å². The minimum Gasteiger partial charge on any atom is -0.444 e. The largest absolute Gasteiger partial charge is 0.444 e. The van der Waals surface area contributed by atoms with Gasteiger partial charge in [0.2, 0.25) is 0 Å². The van der Waals surface area contributed by atoms with Gasteiger partial charge in [-0.3, -0.25) is 0 Å². The van der Waals surface area contributed by atoms with Crippen LogP contribution in [0.25, 0.3) is 0 Å². The Bertz CT molecular complexity index is 332. The monoisotopic (exact) mass is 282 g/mol. The summed E-state index contributed by atoms with van der Waals surface area (Å²) < 4.78 is 5.44. The molecule has 0 aromatic rings. The SMILES string of the molecule is CC(C)(C)OC(=O)N1CCC(C(N)C2CCCCC2)C1. The average molecular weight is 282 g/mol. The number of amides is 1. The zero-order valence-corrected chi connectivity index (χ0v) is 13.2. The molecule has 2 atom stereocenters. The minimum absolute atomic E-state index is 0.184. The van der Waals surface area contributed by atoms with Crippen LogP contribution in [0.4, 0.5) is 4.79 Å². The number of nitrogens with two attached hydrogens (primary N) is 1. The minimum atomic E-state index is -0.416. The smallest absolute Gasteiger partial charge is 0.410 e. The lowest BCUT2D eigenvalue weighted by atomic mass is 9.79. The summed E-state index contributed by atoms with van der Waals surface area (Å²) in [4.78, 5) is 13.9. The van der Waals surface area contributed by atoms with E-state index in [0.29, 0.717) is 11.8 Å². The Labute approximate surface area is 123 Å². The van der Waals surface area contributed by atoms with E-state index in [1.807, 2.05) is 25.7 Å². The molecule has 0 aromatic heterocycles. The van der Waals surface area contributed by atoms with E-state index >= 15 is 0 Å². The summed E-state index contributed by atoms with van der Waals surface area (Å²) in [6.07, 6.45) is 7.38. The van der Waals surface area contributed by atoms with E-state index in [1.165, 1.54) is 32.1 Å². The van der Waals surface area contributed by atoms with Crippen LogP contribution in [0.1, 0.15) is 59.3 Å². The molecule has 4 heteroatoms. The average Bonchev–Trinajstić information content (AvgIpc) is 2.86. The van der Waals surface area contributed by atoms with Crippen molar-refractivity contribution in [2.24, 2.45) is 17.6 Å². The molecule has 2 unspecified atom stereocenters. The fraction of sp³-hybridized carbons (Fsp3) is 0.938. The highest BCUT2D eigenvalue weighted by Crippen LogP contribution is 2.32. The summed E-state index contributed by atoms with van der Waals surface area (Å²) in [6, 6.07) is 0.253. The lowest BCUT2D eigenvalue weighted by molar-refractivity contribution is 0.0284. The quantitative estimate of drug-likeness (QED) is 0.846. The Kier molecular flexibility index (Phi) is 4.95. The summed E-state index contributed by atoms with van der Waals surface area (Å²) >= 11 is 0. The molecule has 0 radical (unpaired) electrons. The van der Waals surface area contributed by atoms with Gasteiger partial charge in [-0.05, 0) is 51.9 Å². The molecule has 1 amide bonds. The molecular formula is C16H30N2O2. The van der Waals surface area contributed by atoms with E-state index in [4.69, 9.17) is 10.5 Å². The van der Waals surface area contributed by atoms with Crippen molar-refractivity contribution in [3.8, 4) is 0 Å². The third kappa shape index (κ3) is 4.11. The maximum absolute atomic E-state index is 12.1. The number of nitrogens with zero attached hydrogens (tertiary/aromatic N) is 1. The van der Waals surface area contributed by atoms with Crippen molar-refractivity contribution in [2.75, 3.05) is 13.1 Å². The highest BCUT2D eigenvalue weighted by Gasteiger charge is 2.35. The molecular weight excluding hydrogens is 252 g/mol. The second kappa shape index (κ2) is 6.33. The summed E-state index contributed by atoms with van der Waals surface area (Å²) in [5.41, 5.74) is 6.05. The van der Waals surface area contributed by atoms with Crippen LogP contribution in [0.15, 0.2) is 0 Å². The van der Waals surface area contributed by atoms with Crippen LogP contribution in [0.3, 0.4) is 0 Å². The highest BCUT2D eigenvalue weighted by atomic mass is 16.6. The lowest BCUT2D eigenvalue weighted by Crippen LogP contribution is -2.41. The van der Waals surface area contributed by atoms with Gasteiger partial charge in [-0.1, -0.05) is 19.3 Å². The molecule has 2 N–H and O–H groups in total. The topological polar surface area (TPSA) is 55.6 Å². The van der Waals surface area contributed by atoms with E-state index in [-0.39, 0.29) is 12.1 Å². The molecule has 0 spiro atoms. The molecule has 1 aliphatic heterocycles. The maximum atomic E-state index is 12.1. The fourth-order valence-electron chi connectivity index (χ4n) is 3.50. The van der Waals surface area contributed by atoms with Gasteiger partial charge in [0.05, 0.1) is 0 Å². The molecule has 20 heavy (non-hydrogen) atoms. The van der Waals surface area contributed by atoms with Crippen molar-refractivity contribution in [2.45, 2.75) is 70.9 Å². The van der Waals surface area contributed by atoms with Crippen LogP contribution in [0.5, 0.6) is 0 Å². The van der Waals surface area contributed by atoms with Crippen molar-refractivity contribution in [3.05, 3.63) is 0 Å². The Morgan fingerprint density at radius 3 is 2.40 bits per heavy atom. The Hall–Kier alpha value is -0.770. The van der Waals surface area contributed by atoms with E-state index < -0.39 is 5.60 Å². The van der Waals surface area contributed by atoms with Crippen LogP contribution in [0.2, 0.25) is 0 Å². The van der Waals surface area contributed by atoms with Crippen LogP contribution >= 0.6 is 0 Å². The maximum Gasteiger partial charge on any atom is 0.410 e. The van der Waals surface area contributed by atoms with Crippen LogP contribution in [-0.2, 0) is 4.74 Å². The van der Waals surface area contributed by atoms with Crippen LogP contribution in [-0.4, -0.2) is 35.7 Å². The predicted octanol–water partition coefficient (Wildman–Crippen LogP) is 3.15. The molecule has 0 bridgehead atoms. The molecule has 2 rings (SSSR count). The molecule has 4 nitrogen and oxygen atoms in total. The normalized spacial score (nSPS) is 26.6. The van der Waals surface area contributed by atoms with Gasteiger partial charge in [0.25, 0.3) is 0 Å². The zero-order chi connectivity index (χ0) is 14.8. The molecule has 0 aromatic carbocycles. The van der Waals surface area contributed by atoms with Gasteiger partial charge in [0.15, 0.2) is 0 Å². The van der Waals surface area contributed by atoms with Crippen LogP contribution in [0, 0.1) is 11.8 Å². The van der Waals surface area contributed by atoms with Gasteiger partial charge in [-0.15, -0.1) is 0 Å². The number of hydrogen-bond acceptors (Lipinski definition) is 3. The second-order valence-corrected chi connectivity index (χ2v) is 7.45. The van der Waals surface area contributed by atoms with E-state index in [0.717, 1.165) is 19.5 Å². The summed E-state index contributed by atoms with van der Waals surface area (Å²) in [7, 11) is 0. The molecule has 2 fully saturated rings. The summed E-state index contributed by atoms with van der Waals surface area (Å²) in [6.45, 7) is 7.29. The van der Waals surface area contributed by atoms with Gasteiger partial charge in [-0.2, -0.15) is 0 Å². The lowest BCUT2D eigenvalue weighted by Gasteiger charge is -2.31. The second-order valence-electron chi connectivity index (χ2n) is 7.45. The third-order valence-electron chi connectivity index (χ3n) is 4.61. The number of carbonyl (C=O) groups is 1. The zero-order valence-electron chi connectivity index (χ0n) is 13.2. The van der Waals surface area contributed by atoms with Gasteiger partial charge in [-0.25, -0.2) is 4.79 Å². The molecule has 2 aliphatic rings. The van der Waals surface area contributed by atoms with Crippen molar-refractivity contribution >= 4 is 6.09 Å². The molecule has 1 saturated heterocycles. The van der Waals surface area contributed by atoms with Gasteiger partial charge in [0.1, 0.15) is 5.60 Å². The first-order valence-corrected chi connectivity index (χ1v) is 8.10. The Morgan fingerprint density at radius 1 is 1.15 bits per heavy atom. The number of hydrogen-bond donors (Lipinski definition) is 1. The standard InChI is InChI=1S/C16H30N2O2/c1-16(2,3)20-15(19)18-10-9-13(11-18)14(17)12-7-5-4-6-8-12/h12-14H,4-11,17H2,1-3H3. The Morgan fingerprint density at radius 2 is 1.80 bits per heavy atom. The van der Waals surface area contributed by atoms with Gasteiger partial charge < -0.3 is 15.4 Å². The molecule has 1 aliphatic carbocycles. The van der Waals surface area contributed by atoms with Crippen molar-refractivity contribution in [1.29, 1.82) is 0 Å². The van der Waals surface area contributed by atoms with Crippen molar-refractivity contribution in [3.63, 3.8) is 0 Å². The molecule has 1 saturated carbocycles. The third-order valence-corrected chi connectivity index (χ3v) is 4.61. The number of likely N-dealkylation sites (tertiary alicyclic amines) is 1. The number of ether oxygens (including phenoxy) is 1. The predicted molar refractivity (Wildman–Crippen MR) is 80.5 cm³/mol. The summed E-state index contributed by atoms with van der Waals surface area (Å²) in [5.74, 6) is 1.11. The van der Waals surface area contributed by atoms with Crippen LogP contribution < -0.4 is 5.73 Å². The fourth-order valence-corrected chi connectivity index (χ4v) is 3.50. The highest BCUT2D eigenvalue weighted by molar-refractivity contribution is 5.68. The van der Waals surface area contributed by atoms with E-state index in [9.17, 15) is 4.79 Å². The van der Waals surface area contributed by atoms with E-state index in [1.54, 1.807) is 0 Å². The number of rotatable bonds is 2. The first kappa shape index (κ1) is 15.6. The van der Waals surface area contributed by atoms with Crippen molar-refractivity contribution < 1.29 is 9.53 Å².